The molecule has 2 heterocycles. The predicted molar refractivity (Wildman–Crippen MR) is 237 cm³/mol. The van der Waals surface area contributed by atoms with Gasteiger partial charge in [-0.1, -0.05) is 170 Å². The SMILES string of the molecule is c1ccc(-c2nc(-c3cc(-c4ccccc4-c4ccccc4)cc(-c4cccc5c4oc4ccccc45)c3)cc(-c3cc4ccccc4c4ccccc34)n2)cc1. The van der Waals surface area contributed by atoms with Crippen LogP contribution in [0.25, 0.3) is 111 Å². The summed E-state index contributed by atoms with van der Waals surface area (Å²) in [5.41, 5.74) is 13.1. The number of benzene rings is 9. The fourth-order valence-corrected chi connectivity index (χ4v) is 8.38. The summed E-state index contributed by atoms with van der Waals surface area (Å²) >= 11 is 0. The van der Waals surface area contributed by atoms with E-state index >= 15 is 0 Å². The van der Waals surface area contributed by atoms with E-state index in [-0.39, 0.29) is 0 Å². The second-order valence-corrected chi connectivity index (χ2v) is 14.5. The van der Waals surface area contributed by atoms with Crippen molar-refractivity contribution in [3.8, 4) is 67.3 Å². The van der Waals surface area contributed by atoms with Crippen molar-refractivity contribution in [3.05, 3.63) is 206 Å². The maximum absolute atomic E-state index is 6.63. The van der Waals surface area contributed by atoms with Gasteiger partial charge in [0.05, 0.1) is 11.4 Å². The van der Waals surface area contributed by atoms with E-state index in [1.54, 1.807) is 0 Å². The van der Waals surface area contributed by atoms with Crippen molar-refractivity contribution >= 4 is 43.5 Å². The number of hydrogen-bond acceptors (Lipinski definition) is 3. The van der Waals surface area contributed by atoms with Gasteiger partial charge in [-0.15, -0.1) is 0 Å². The van der Waals surface area contributed by atoms with E-state index in [0.717, 1.165) is 77.7 Å². The Labute approximate surface area is 330 Å². The molecule has 0 atom stereocenters. The zero-order valence-electron chi connectivity index (χ0n) is 30.9. The molecule has 0 aliphatic carbocycles. The third-order valence-corrected chi connectivity index (χ3v) is 11.1. The zero-order chi connectivity index (χ0) is 37.7. The summed E-state index contributed by atoms with van der Waals surface area (Å²) < 4.78 is 6.63. The van der Waals surface area contributed by atoms with Gasteiger partial charge in [-0.05, 0) is 85.8 Å². The molecule has 3 heteroatoms. The van der Waals surface area contributed by atoms with Gasteiger partial charge in [-0.2, -0.15) is 0 Å². The molecule has 11 rings (SSSR count). The Morgan fingerprint density at radius 1 is 0.298 bits per heavy atom. The Kier molecular flexibility index (Phi) is 7.82. The number of furan rings is 1. The largest absolute Gasteiger partial charge is 0.455 e. The number of aromatic nitrogens is 2. The third kappa shape index (κ3) is 5.76. The van der Waals surface area contributed by atoms with Gasteiger partial charge in [0.25, 0.3) is 0 Å². The van der Waals surface area contributed by atoms with Crippen LogP contribution in [-0.2, 0) is 0 Å². The molecular weight excluding hydrogens is 693 g/mol. The van der Waals surface area contributed by atoms with Crippen molar-refractivity contribution in [1.82, 2.24) is 9.97 Å². The van der Waals surface area contributed by atoms with Crippen molar-refractivity contribution in [2.45, 2.75) is 0 Å². The number of para-hydroxylation sites is 2. The minimum Gasteiger partial charge on any atom is -0.455 e. The Bertz CT molecular complexity index is 3290. The highest BCUT2D eigenvalue weighted by Gasteiger charge is 2.19. The van der Waals surface area contributed by atoms with E-state index < -0.39 is 0 Å². The quantitative estimate of drug-likeness (QED) is 0.160. The van der Waals surface area contributed by atoms with Crippen molar-refractivity contribution in [2.24, 2.45) is 0 Å². The molecule has 3 nitrogen and oxygen atoms in total. The first kappa shape index (κ1) is 32.8. The van der Waals surface area contributed by atoms with E-state index in [9.17, 15) is 0 Å². The molecule has 57 heavy (non-hydrogen) atoms. The fraction of sp³-hybridized carbons (Fsp3) is 0. The summed E-state index contributed by atoms with van der Waals surface area (Å²) in [5.74, 6) is 0.677. The van der Waals surface area contributed by atoms with Crippen LogP contribution in [0.5, 0.6) is 0 Å². The lowest BCUT2D eigenvalue weighted by atomic mass is 9.90. The smallest absolute Gasteiger partial charge is 0.160 e. The first-order chi connectivity index (χ1) is 28.2. The van der Waals surface area contributed by atoms with Crippen LogP contribution in [0.3, 0.4) is 0 Å². The lowest BCUT2D eigenvalue weighted by molar-refractivity contribution is 0.670. The van der Waals surface area contributed by atoms with Gasteiger partial charge < -0.3 is 4.42 Å². The van der Waals surface area contributed by atoms with Crippen LogP contribution in [0.2, 0.25) is 0 Å². The van der Waals surface area contributed by atoms with E-state index in [0.29, 0.717) is 5.82 Å². The third-order valence-electron chi connectivity index (χ3n) is 11.1. The maximum Gasteiger partial charge on any atom is 0.160 e. The van der Waals surface area contributed by atoms with Crippen molar-refractivity contribution in [2.75, 3.05) is 0 Å². The fourth-order valence-electron chi connectivity index (χ4n) is 8.38. The zero-order valence-corrected chi connectivity index (χ0v) is 30.9. The van der Waals surface area contributed by atoms with Crippen LogP contribution < -0.4 is 0 Å². The van der Waals surface area contributed by atoms with Crippen molar-refractivity contribution in [3.63, 3.8) is 0 Å². The maximum atomic E-state index is 6.63. The molecule has 0 saturated carbocycles. The molecule has 0 N–H and O–H groups in total. The van der Waals surface area contributed by atoms with Crippen LogP contribution in [-0.4, -0.2) is 9.97 Å². The molecule has 266 valence electrons. The lowest BCUT2D eigenvalue weighted by Gasteiger charge is -2.16. The summed E-state index contributed by atoms with van der Waals surface area (Å²) in [6.07, 6.45) is 0. The Balaban J connectivity index is 1.20. The van der Waals surface area contributed by atoms with Gasteiger partial charge in [-0.25, -0.2) is 9.97 Å². The highest BCUT2D eigenvalue weighted by molar-refractivity contribution is 6.14. The van der Waals surface area contributed by atoms with E-state index in [1.165, 1.54) is 27.3 Å². The average Bonchev–Trinajstić information content (AvgIpc) is 3.68. The summed E-state index contributed by atoms with van der Waals surface area (Å²) in [5, 5.41) is 6.96. The molecule has 0 saturated heterocycles. The van der Waals surface area contributed by atoms with E-state index in [1.807, 2.05) is 30.3 Å². The number of nitrogens with zero attached hydrogens (tertiary/aromatic N) is 2. The second kappa shape index (κ2) is 13.6. The summed E-state index contributed by atoms with van der Waals surface area (Å²) in [7, 11) is 0. The lowest BCUT2D eigenvalue weighted by Crippen LogP contribution is -1.97. The Hall–Kier alpha value is -7.62. The first-order valence-electron chi connectivity index (χ1n) is 19.3. The summed E-state index contributed by atoms with van der Waals surface area (Å²) in [4.78, 5) is 10.7. The van der Waals surface area contributed by atoms with Crippen LogP contribution in [0.15, 0.2) is 211 Å². The first-order valence-corrected chi connectivity index (χ1v) is 19.3. The number of hydrogen-bond donors (Lipinski definition) is 0. The van der Waals surface area contributed by atoms with Crippen molar-refractivity contribution in [1.29, 1.82) is 0 Å². The van der Waals surface area contributed by atoms with Gasteiger partial charge in [0.1, 0.15) is 11.2 Å². The van der Waals surface area contributed by atoms with Gasteiger partial charge in [0, 0.05) is 33.0 Å². The van der Waals surface area contributed by atoms with E-state index in [4.69, 9.17) is 14.4 Å². The van der Waals surface area contributed by atoms with Crippen LogP contribution in [0.1, 0.15) is 0 Å². The molecule has 9 aromatic carbocycles. The monoisotopic (exact) mass is 726 g/mol. The van der Waals surface area contributed by atoms with Crippen LogP contribution in [0.4, 0.5) is 0 Å². The number of fused-ring (bicyclic) bond motifs is 6. The Morgan fingerprint density at radius 3 is 1.63 bits per heavy atom. The minimum absolute atomic E-state index is 0.677. The molecule has 0 spiro atoms. The van der Waals surface area contributed by atoms with Crippen LogP contribution >= 0.6 is 0 Å². The number of rotatable bonds is 6. The predicted octanol–water partition coefficient (Wildman–Crippen LogP) is 14.7. The van der Waals surface area contributed by atoms with Crippen molar-refractivity contribution < 1.29 is 4.42 Å². The topological polar surface area (TPSA) is 38.9 Å². The molecule has 0 aliphatic rings. The normalized spacial score (nSPS) is 11.5. The van der Waals surface area contributed by atoms with Gasteiger partial charge >= 0.3 is 0 Å². The average molecular weight is 727 g/mol. The molecule has 11 aromatic rings. The van der Waals surface area contributed by atoms with E-state index in [2.05, 4.69) is 176 Å². The molecule has 0 amide bonds. The van der Waals surface area contributed by atoms with Gasteiger partial charge in [0.15, 0.2) is 5.82 Å². The van der Waals surface area contributed by atoms with Gasteiger partial charge in [0.2, 0.25) is 0 Å². The molecule has 0 radical (unpaired) electrons. The molecule has 0 aliphatic heterocycles. The molecule has 0 fully saturated rings. The highest BCUT2D eigenvalue weighted by atomic mass is 16.3. The van der Waals surface area contributed by atoms with Gasteiger partial charge in [-0.3, -0.25) is 0 Å². The molecular formula is C54H34N2O. The Morgan fingerprint density at radius 2 is 0.842 bits per heavy atom. The summed E-state index contributed by atoms with van der Waals surface area (Å²) in [6, 6.07) is 72.8. The van der Waals surface area contributed by atoms with Crippen LogP contribution in [0, 0.1) is 0 Å². The molecule has 0 bridgehead atoms. The second-order valence-electron chi connectivity index (χ2n) is 14.5. The minimum atomic E-state index is 0.677. The standard InChI is InChI=1S/C54H34N2O/c1-3-16-35(17-4-1)41-21-9-10-23-43(41)38-30-39(44-27-15-28-48-47-26-13-14-29-52(47)57-53(44)48)32-40(31-38)50-34-51(56-54(55-50)36-18-5-2-6-19-36)49-33-37-20-7-8-22-42(37)45-24-11-12-25-46(45)49/h1-34H. The molecule has 0 unspecified atom stereocenters. The summed E-state index contributed by atoms with van der Waals surface area (Å²) in [6.45, 7) is 0. The highest BCUT2D eigenvalue weighted by Crippen LogP contribution is 2.42. The molecule has 2 aromatic heterocycles.